The van der Waals surface area contributed by atoms with Crippen LogP contribution < -0.4 is 10.6 Å². The first-order valence-electron chi connectivity index (χ1n) is 13.9. The SMILES string of the molecule is C=O.C=O.CSC.Cc1ccc(NC(=O)c2ccc(CN3CCN(C)CC3)cc2)cc1Nc1nccc(-c2cccnc2)n1. The number of aryl methyl sites for hydroxylation is 1. The van der Waals surface area contributed by atoms with E-state index in [-0.39, 0.29) is 5.91 Å². The number of nitrogens with one attached hydrogen (secondary N) is 2. The van der Waals surface area contributed by atoms with Crippen molar-refractivity contribution in [2.45, 2.75) is 13.5 Å². The van der Waals surface area contributed by atoms with Crippen LogP contribution in [0.1, 0.15) is 21.5 Å². The van der Waals surface area contributed by atoms with Crippen LogP contribution in [0.15, 0.2) is 79.3 Å². The quantitative estimate of drug-likeness (QED) is 0.287. The molecule has 0 unspecified atom stereocenters. The van der Waals surface area contributed by atoms with Gasteiger partial charge in [-0.25, -0.2) is 9.97 Å². The fourth-order valence-corrected chi connectivity index (χ4v) is 4.28. The molecule has 0 radical (unpaired) electrons. The molecule has 11 heteroatoms. The Hall–Kier alpha value is -4.45. The van der Waals surface area contributed by atoms with E-state index in [2.05, 4.69) is 42.4 Å². The van der Waals surface area contributed by atoms with Gasteiger partial charge in [0.2, 0.25) is 5.95 Å². The van der Waals surface area contributed by atoms with Crippen LogP contribution in [-0.4, -0.2) is 90.0 Å². The molecule has 0 saturated carbocycles. The van der Waals surface area contributed by atoms with E-state index in [0.29, 0.717) is 17.2 Å². The average molecular weight is 616 g/mol. The summed E-state index contributed by atoms with van der Waals surface area (Å²) in [6, 6.07) is 19.3. The number of anilines is 3. The summed E-state index contributed by atoms with van der Waals surface area (Å²) < 4.78 is 0. The van der Waals surface area contributed by atoms with Gasteiger partial charge in [0.25, 0.3) is 5.91 Å². The van der Waals surface area contributed by atoms with Crippen molar-refractivity contribution in [1.29, 1.82) is 0 Å². The summed E-state index contributed by atoms with van der Waals surface area (Å²) in [5.41, 5.74) is 6.08. The Labute approximate surface area is 264 Å². The normalized spacial score (nSPS) is 12.6. The van der Waals surface area contributed by atoms with Crippen LogP contribution >= 0.6 is 11.8 Å². The number of aromatic nitrogens is 3. The maximum Gasteiger partial charge on any atom is 0.255 e. The third-order valence-corrected chi connectivity index (χ3v) is 6.57. The lowest BCUT2D eigenvalue weighted by molar-refractivity contribution is -0.0987. The van der Waals surface area contributed by atoms with E-state index >= 15 is 0 Å². The second-order valence-electron chi connectivity index (χ2n) is 9.80. The van der Waals surface area contributed by atoms with E-state index in [1.54, 1.807) is 30.4 Å². The van der Waals surface area contributed by atoms with Crippen LogP contribution in [0.2, 0.25) is 0 Å². The number of carbonyl (C=O) groups excluding carboxylic acids is 3. The number of benzene rings is 2. The van der Waals surface area contributed by atoms with E-state index in [1.165, 1.54) is 5.56 Å². The lowest BCUT2D eigenvalue weighted by Gasteiger charge is -2.32. The Morgan fingerprint density at radius 3 is 2.25 bits per heavy atom. The van der Waals surface area contributed by atoms with Gasteiger partial charge in [-0.15, -0.1) is 0 Å². The largest absolute Gasteiger partial charge is 0.324 e. The van der Waals surface area contributed by atoms with Crippen LogP contribution in [0.4, 0.5) is 17.3 Å². The van der Waals surface area contributed by atoms with E-state index in [0.717, 1.165) is 55.2 Å². The molecule has 3 heterocycles. The molecule has 5 rings (SSSR count). The average Bonchev–Trinajstić information content (AvgIpc) is 3.07. The summed E-state index contributed by atoms with van der Waals surface area (Å²) in [7, 11) is 2.16. The highest BCUT2D eigenvalue weighted by Crippen LogP contribution is 2.24. The van der Waals surface area contributed by atoms with Gasteiger partial charge in [0.05, 0.1) is 5.69 Å². The highest BCUT2D eigenvalue weighted by atomic mass is 32.2. The van der Waals surface area contributed by atoms with Gasteiger partial charge in [-0.3, -0.25) is 14.7 Å². The third-order valence-electron chi connectivity index (χ3n) is 6.57. The standard InChI is InChI=1S/C29H31N7O.C2H6S.2CH2O/c1-21-5-10-25(18-27(21)34-29-31-13-11-26(33-29)24-4-3-12-30-19-24)32-28(37)23-8-6-22(7-9-23)20-36-16-14-35(2)15-17-36;1-3-2;2*1-2/h3-13,18-19H,14-17,20H2,1-2H3,(H,32,37)(H,31,33,34);1-2H3;2*1H2. The van der Waals surface area contributed by atoms with Crippen molar-refractivity contribution in [2.75, 3.05) is 56.4 Å². The van der Waals surface area contributed by atoms with Crippen molar-refractivity contribution < 1.29 is 14.4 Å². The van der Waals surface area contributed by atoms with E-state index in [9.17, 15) is 4.79 Å². The van der Waals surface area contributed by atoms with Gasteiger partial charge in [0, 0.05) is 73.8 Å². The Balaban J connectivity index is 0.000000893. The summed E-state index contributed by atoms with van der Waals surface area (Å²) in [6.45, 7) is 11.2. The van der Waals surface area contributed by atoms with Crippen molar-refractivity contribution in [3.05, 3.63) is 95.9 Å². The predicted octanol–water partition coefficient (Wildman–Crippen LogP) is 5.20. The molecule has 1 amide bonds. The summed E-state index contributed by atoms with van der Waals surface area (Å²) in [4.78, 5) is 46.9. The number of pyridine rings is 1. The molecule has 2 aromatic carbocycles. The maximum atomic E-state index is 12.9. The minimum Gasteiger partial charge on any atom is -0.324 e. The van der Waals surface area contributed by atoms with Crippen LogP contribution in [-0.2, 0) is 16.1 Å². The van der Waals surface area contributed by atoms with Gasteiger partial charge < -0.3 is 25.1 Å². The molecule has 2 aromatic heterocycles. The Morgan fingerprint density at radius 2 is 1.61 bits per heavy atom. The molecule has 232 valence electrons. The van der Waals surface area contributed by atoms with E-state index in [1.807, 2.05) is 93.7 Å². The fourth-order valence-electron chi connectivity index (χ4n) is 4.28. The first-order valence-corrected chi connectivity index (χ1v) is 15.5. The van der Waals surface area contributed by atoms with Gasteiger partial charge in [-0.2, -0.15) is 11.8 Å². The molecule has 1 fully saturated rings. The maximum absolute atomic E-state index is 12.9. The zero-order valence-electron chi connectivity index (χ0n) is 25.8. The summed E-state index contributed by atoms with van der Waals surface area (Å²) >= 11 is 1.75. The molecule has 1 aliphatic rings. The molecule has 0 spiro atoms. The summed E-state index contributed by atoms with van der Waals surface area (Å²) in [5, 5.41) is 6.29. The minimum atomic E-state index is -0.143. The van der Waals surface area contributed by atoms with Crippen LogP contribution in [0.25, 0.3) is 11.3 Å². The summed E-state index contributed by atoms with van der Waals surface area (Å²) in [6.07, 6.45) is 9.30. The molecular weight excluding hydrogens is 574 g/mol. The fraction of sp³-hybridized carbons (Fsp3) is 0.273. The van der Waals surface area contributed by atoms with Crippen LogP contribution in [0, 0.1) is 6.92 Å². The van der Waals surface area contributed by atoms with Crippen molar-refractivity contribution in [3.8, 4) is 11.3 Å². The lowest BCUT2D eigenvalue weighted by atomic mass is 10.1. The molecule has 0 aliphatic carbocycles. The van der Waals surface area contributed by atoms with Crippen LogP contribution in [0.3, 0.4) is 0 Å². The zero-order chi connectivity index (χ0) is 32.3. The van der Waals surface area contributed by atoms with Crippen molar-refractivity contribution in [3.63, 3.8) is 0 Å². The number of hydrogen-bond acceptors (Lipinski definition) is 10. The highest BCUT2D eigenvalue weighted by molar-refractivity contribution is 7.97. The number of amides is 1. The number of likely N-dealkylation sites (N-methyl/N-ethyl adjacent to an activating group) is 1. The minimum absolute atomic E-state index is 0.143. The molecule has 0 bridgehead atoms. The first-order chi connectivity index (χ1) is 21.4. The Morgan fingerprint density at radius 1 is 0.932 bits per heavy atom. The molecule has 2 N–H and O–H groups in total. The number of nitrogens with zero attached hydrogens (tertiary/aromatic N) is 5. The third kappa shape index (κ3) is 11.3. The number of hydrogen-bond donors (Lipinski definition) is 2. The Bertz CT molecular complexity index is 1410. The Kier molecular flexibility index (Phi) is 16.0. The molecular formula is C33H41N7O3S. The molecule has 0 atom stereocenters. The van der Waals surface area contributed by atoms with Crippen molar-refractivity contribution in [1.82, 2.24) is 24.8 Å². The highest BCUT2D eigenvalue weighted by Gasteiger charge is 2.14. The van der Waals surface area contributed by atoms with Gasteiger partial charge in [-0.05, 0) is 80.1 Å². The number of carbonyl (C=O) groups is 3. The second-order valence-corrected chi connectivity index (χ2v) is 10.6. The number of thioether (sulfide) groups is 1. The summed E-state index contributed by atoms with van der Waals surface area (Å²) in [5.74, 6) is 0.333. The second kappa shape index (κ2) is 19.7. The smallest absolute Gasteiger partial charge is 0.255 e. The van der Waals surface area contributed by atoms with Gasteiger partial charge >= 0.3 is 0 Å². The first kappa shape index (κ1) is 35.7. The van der Waals surface area contributed by atoms with Gasteiger partial charge in [-0.1, -0.05) is 18.2 Å². The lowest BCUT2D eigenvalue weighted by Crippen LogP contribution is -2.43. The molecule has 1 aliphatic heterocycles. The number of piperazine rings is 1. The van der Waals surface area contributed by atoms with Crippen molar-refractivity contribution in [2.24, 2.45) is 0 Å². The zero-order valence-corrected chi connectivity index (χ0v) is 26.6. The topological polar surface area (TPSA) is 120 Å². The van der Waals surface area contributed by atoms with Crippen molar-refractivity contribution >= 4 is 48.6 Å². The van der Waals surface area contributed by atoms with E-state index in [4.69, 9.17) is 9.59 Å². The van der Waals surface area contributed by atoms with Gasteiger partial charge in [0.15, 0.2) is 0 Å². The number of rotatable bonds is 7. The molecule has 10 nitrogen and oxygen atoms in total. The molecule has 1 saturated heterocycles. The molecule has 44 heavy (non-hydrogen) atoms. The predicted molar refractivity (Wildman–Crippen MR) is 181 cm³/mol. The van der Waals surface area contributed by atoms with E-state index < -0.39 is 0 Å². The van der Waals surface area contributed by atoms with Gasteiger partial charge in [0.1, 0.15) is 13.6 Å². The van der Waals surface area contributed by atoms with Crippen LogP contribution in [0.5, 0.6) is 0 Å². The monoisotopic (exact) mass is 615 g/mol. The molecule has 4 aromatic rings.